The van der Waals surface area contributed by atoms with Crippen LogP contribution in [-0.2, 0) is 0 Å². The lowest BCUT2D eigenvalue weighted by atomic mass is 9.72. The molecule has 0 aliphatic heterocycles. The molecule has 5 rings (SSSR count). The fraction of sp³-hybridized carbons (Fsp3) is 0.115. The number of rotatable bonds is 4. The number of benzene rings is 3. The van der Waals surface area contributed by atoms with Crippen LogP contribution in [0, 0.1) is 17.8 Å². The molecule has 0 saturated carbocycles. The molecule has 3 aromatic carbocycles. The first-order valence-corrected chi connectivity index (χ1v) is 9.95. The van der Waals surface area contributed by atoms with E-state index in [2.05, 4.69) is 0 Å². The van der Waals surface area contributed by atoms with Crippen molar-refractivity contribution in [2.24, 2.45) is 17.8 Å². The summed E-state index contributed by atoms with van der Waals surface area (Å²) in [5.41, 5.74) is 1.13. The summed E-state index contributed by atoms with van der Waals surface area (Å²) in [6.07, 6.45) is 0. The third-order valence-corrected chi connectivity index (χ3v) is 6.13. The Hall–Kier alpha value is -3.99. The highest BCUT2D eigenvalue weighted by atomic mass is 16.2. The molecule has 31 heavy (non-hydrogen) atoms. The van der Waals surface area contributed by atoms with Gasteiger partial charge in [0.1, 0.15) is 0 Å². The predicted octanol–water partition coefficient (Wildman–Crippen LogP) is 3.88. The van der Waals surface area contributed by atoms with Crippen molar-refractivity contribution in [3.05, 3.63) is 107 Å². The van der Waals surface area contributed by atoms with E-state index in [1.807, 2.05) is 0 Å². The van der Waals surface area contributed by atoms with E-state index in [0.29, 0.717) is 0 Å². The second-order valence-electron chi connectivity index (χ2n) is 7.76. The van der Waals surface area contributed by atoms with Crippen LogP contribution in [0.2, 0.25) is 0 Å². The lowest BCUT2D eigenvalue weighted by Crippen LogP contribution is -2.41. The van der Waals surface area contributed by atoms with Crippen molar-refractivity contribution < 1.29 is 24.0 Å². The third kappa shape index (κ3) is 2.74. The first-order valence-electron chi connectivity index (χ1n) is 9.95. The van der Waals surface area contributed by atoms with Gasteiger partial charge in [0, 0.05) is 27.8 Å². The highest BCUT2D eigenvalue weighted by Crippen LogP contribution is 2.42. The summed E-state index contributed by atoms with van der Waals surface area (Å²) in [5.74, 6) is -6.85. The van der Waals surface area contributed by atoms with E-state index in [1.165, 1.54) is 24.3 Å². The van der Waals surface area contributed by atoms with Crippen molar-refractivity contribution in [2.45, 2.75) is 0 Å². The average molecular weight is 408 g/mol. The van der Waals surface area contributed by atoms with Crippen molar-refractivity contribution >= 4 is 28.9 Å². The fourth-order valence-electron chi connectivity index (χ4n) is 4.68. The topological polar surface area (TPSA) is 85.3 Å². The lowest BCUT2D eigenvalue weighted by Gasteiger charge is -2.24. The summed E-state index contributed by atoms with van der Waals surface area (Å²) in [4.78, 5) is 66.5. The molecule has 0 atom stereocenters. The van der Waals surface area contributed by atoms with E-state index < -0.39 is 46.7 Å². The van der Waals surface area contributed by atoms with E-state index in [0.717, 1.165) is 0 Å². The number of ketones is 5. The Morgan fingerprint density at radius 2 is 0.839 bits per heavy atom. The molecule has 0 unspecified atom stereocenters. The molecular formula is C26H16O5. The van der Waals surface area contributed by atoms with Crippen LogP contribution >= 0.6 is 0 Å². The summed E-state index contributed by atoms with van der Waals surface area (Å²) in [6.45, 7) is 0. The van der Waals surface area contributed by atoms with Crippen molar-refractivity contribution in [3.63, 3.8) is 0 Å². The molecular weight excluding hydrogens is 392 g/mol. The lowest BCUT2D eigenvalue weighted by molar-refractivity contribution is 0.0589. The number of fused-ring (bicyclic) bond motifs is 2. The standard InChI is InChI=1S/C26H16O5/c27-22(14-8-2-1-3-9-14)19(20-23(28)15-10-4-5-11-16(15)24(20)29)21-25(30)17-12-6-7-13-18(17)26(21)31/h1-13,19-21H. The van der Waals surface area contributed by atoms with Gasteiger partial charge in [0.25, 0.3) is 0 Å². The molecule has 0 N–H and O–H groups in total. The van der Waals surface area contributed by atoms with Gasteiger partial charge in [-0.05, 0) is 0 Å². The smallest absolute Gasteiger partial charge is 0.175 e. The maximum absolute atomic E-state index is 13.6. The van der Waals surface area contributed by atoms with Crippen LogP contribution in [0.1, 0.15) is 51.8 Å². The van der Waals surface area contributed by atoms with Crippen molar-refractivity contribution in [2.75, 3.05) is 0 Å². The van der Waals surface area contributed by atoms with Gasteiger partial charge in [-0.3, -0.25) is 24.0 Å². The Balaban J connectivity index is 1.67. The molecule has 0 fully saturated rings. The molecule has 3 aromatic rings. The summed E-state index contributed by atoms with van der Waals surface area (Å²) in [7, 11) is 0. The number of carbonyl (C=O) groups is 5. The van der Waals surface area contributed by atoms with Crippen LogP contribution < -0.4 is 0 Å². The largest absolute Gasteiger partial charge is 0.294 e. The van der Waals surface area contributed by atoms with E-state index in [4.69, 9.17) is 0 Å². The van der Waals surface area contributed by atoms with E-state index in [-0.39, 0.29) is 27.8 Å². The van der Waals surface area contributed by atoms with E-state index >= 15 is 0 Å². The number of hydrogen-bond donors (Lipinski definition) is 0. The van der Waals surface area contributed by atoms with E-state index in [1.54, 1.807) is 54.6 Å². The third-order valence-electron chi connectivity index (χ3n) is 6.13. The van der Waals surface area contributed by atoms with Crippen molar-refractivity contribution in [1.29, 1.82) is 0 Å². The van der Waals surface area contributed by atoms with Gasteiger partial charge in [-0.15, -0.1) is 0 Å². The Kier molecular flexibility index (Phi) is 4.33. The zero-order chi connectivity index (χ0) is 21.7. The Bertz CT molecular complexity index is 1140. The summed E-state index contributed by atoms with van der Waals surface area (Å²) in [5, 5.41) is 0. The zero-order valence-electron chi connectivity index (χ0n) is 16.3. The fourth-order valence-corrected chi connectivity index (χ4v) is 4.68. The number of carbonyl (C=O) groups excluding carboxylic acids is 5. The second kappa shape index (κ2) is 7.06. The molecule has 2 aliphatic rings. The number of Topliss-reactive ketones (excluding diaryl/α,β-unsaturated/α-hetero) is 5. The molecule has 0 heterocycles. The minimum absolute atomic E-state index is 0.221. The SMILES string of the molecule is O=C1c2ccccc2C(=O)C1C(C(=O)c1ccccc1)C1C(=O)c2ccccc2C1=O. The van der Waals surface area contributed by atoms with Crippen LogP contribution in [0.5, 0.6) is 0 Å². The van der Waals surface area contributed by atoms with Crippen LogP contribution in [0.4, 0.5) is 0 Å². The molecule has 0 aromatic heterocycles. The van der Waals surface area contributed by atoms with Crippen molar-refractivity contribution in [3.8, 4) is 0 Å². The van der Waals surface area contributed by atoms with E-state index in [9.17, 15) is 24.0 Å². The molecule has 0 bridgehead atoms. The Morgan fingerprint density at radius 1 is 0.516 bits per heavy atom. The Morgan fingerprint density at radius 3 is 1.19 bits per heavy atom. The minimum Gasteiger partial charge on any atom is -0.294 e. The molecule has 0 radical (unpaired) electrons. The zero-order valence-corrected chi connectivity index (χ0v) is 16.3. The van der Waals surface area contributed by atoms with Crippen LogP contribution in [0.15, 0.2) is 78.9 Å². The van der Waals surface area contributed by atoms with Gasteiger partial charge in [-0.1, -0.05) is 78.9 Å². The summed E-state index contributed by atoms with van der Waals surface area (Å²) < 4.78 is 0. The second-order valence-corrected chi connectivity index (χ2v) is 7.76. The molecule has 0 saturated heterocycles. The first kappa shape index (κ1) is 19.0. The number of hydrogen-bond acceptors (Lipinski definition) is 5. The monoisotopic (exact) mass is 408 g/mol. The maximum Gasteiger partial charge on any atom is 0.175 e. The summed E-state index contributed by atoms with van der Waals surface area (Å²) in [6, 6.07) is 20.9. The summed E-state index contributed by atoms with van der Waals surface area (Å²) >= 11 is 0. The van der Waals surface area contributed by atoms with Gasteiger partial charge in [-0.25, -0.2) is 0 Å². The van der Waals surface area contributed by atoms with Gasteiger partial charge >= 0.3 is 0 Å². The molecule has 5 heteroatoms. The minimum atomic E-state index is -1.41. The molecule has 0 spiro atoms. The van der Waals surface area contributed by atoms with Gasteiger partial charge in [0.15, 0.2) is 28.9 Å². The van der Waals surface area contributed by atoms with Crippen LogP contribution in [0.25, 0.3) is 0 Å². The van der Waals surface area contributed by atoms with Crippen LogP contribution in [-0.4, -0.2) is 28.9 Å². The maximum atomic E-state index is 13.6. The van der Waals surface area contributed by atoms with Gasteiger partial charge in [0.2, 0.25) is 0 Å². The van der Waals surface area contributed by atoms with Crippen LogP contribution in [0.3, 0.4) is 0 Å². The van der Waals surface area contributed by atoms with Gasteiger partial charge in [0.05, 0.1) is 17.8 Å². The highest BCUT2D eigenvalue weighted by molar-refractivity contribution is 6.32. The van der Waals surface area contributed by atoms with Crippen molar-refractivity contribution in [1.82, 2.24) is 0 Å². The molecule has 5 nitrogen and oxygen atoms in total. The first-order chi connectivity index (χ1) is 15.0. The quantitative estimate of drug-likeness (QED) is 0.483. The molecule has 0 amide bonds. The predicted molar refractivity (Wildman–Crippen MR) is 111 cm³/mol. The normalized spacial score (nSPS) is 16.2. The highest BCUT2D eigenvalue weighted by Gasteiger charge is 2.55. The Labute approximate surface area is 177 Å². The molecule has 150 valence electrons. The van der Waals surface area contributed by atoms with Gasteiger partial charge in [-0.2, -0.15) is 0 Å². The molecule has 2 aliphatic carbocycles. The van der Waals surface area contributed by atoms with Gasteiger partial charge < -0.3 is 0 Å². The average Bonchev–Trinajstić information content (AvgIpc) is 3.21.